The van der Waals surface area contributed by atoms with E-state index in [1.54, 1.807) is 0 Å². The van der Waals surface area contributed by atoms with Crippen molar-refractivity contribution in [3.63, 3.8) is 0 Å². The van der Waals surface area contributed by atoms with Crippen molar-refractivity contribution in [2.24, 2.45) is 0 Å². The molecule has 0 aliphatic rings. The number of nitrogens with zero attached hydrogens (tertiary/aromatic N) is 1. The summed E-state index contributed by atoms with van der Waals surface area (Å²) >= 11 is 0. The minimum Gasteiger partial charge on any atom is -0.508 e. The molecule has 0 unspecified atom stereocenters. The first kappa shape index (κ1) is 8.80. The number of aromatic nitrogens is 2. The van der Waals surface area contributed by atoms with Gasteiger partial charge in [0.15, 0.2) is 5.82 Å². The molecule has 12 heavy (non-hydrogen) atoms. The summed E-state index contributed by atoms with van der Waals surface area (Å²) in [5, 5.41) is 15.6. The standard InChI is InChI=1S/C7H5FN2O.ClH/c8-6-2-5(11)1-4-3-9-10-7(4)6;/h1-3,11H,(H,9,10);1H. The lowest BCUT2D eigenvalue weighted by molar-refractivity contribution is 0.471. The highest BCUT2D eigenvalue weighted by Crippen LogP contribution is 2.20. The average Bonchev–Trinajstić information content (AvgIpc) is 2.34. The van der Waals surface area contributed by atoms with Crippen molar-refractivity contribution in [3.05, 3.63) is 24.1 Å². The first-order chi connectivity index (χ1) is 5.27. The minimum atomic E-state index is -0.488. The topological polar surface area (TPSA) is 48.9 Å². The Hall–Kier alpha value is -1.29. The van der Waals surface area contributed by atoms with E-state index < -0.39 is 5.82 Å². The molecule has 2 rings (SSSR count). The van der Waals surface area contributed by atoms with Crippen molar-refractivity contribution < 1.29 is 9.50 Å². The van der Waals surface area contributed by atoms with Gasteiger partial charge in [-0.25, -0.2) is 4.39 Å². The van der Waals surface area contributed by atoms with Crippen molar-refractivity contribution in [2.75, 3.05) is 0 Å². The quantitative estimate of drug-likeness (QED) is 0.663. The maximum Gasteiger partial charge on any atom is 0.152 e. The summed E-state index contributed by atoms with van der Waals surface area (Å²) in [6, 6.07) is 2.49. The Morgan fingerprint density at radius 2 is 2.17 bits per heavy atom. The van der Waals surface area contributed by atoms with E-state index in [1.165, 1.54) is 12.3 Å². The van der Waals surface area contributed by atoms with Gasteiger partial charge < -0.3 is 5.11 Å². The molecule has 1 aromatic carbocycles. The van der Waals surface area contributed by atoms with E-state index in [0.29, 0.717) is 10.9 Å². The second-order valence-electron chi connectivity index (χ2n) is 2.26. The largest absolute Gasteiger partial charge is 0.508 e. The lowest BCUT2D eigenvalue weighted by atomic mass is 10.2. The van der Waals surface area contributed by atoms with Gasteiger partial charge >= 0.3 is 0 Å². The van der Waals surface area contributed by atoms with Crippen LogP contribution < -0.4 is 0 Å². The molecule has 0 spiro atoms. The zero-order valence-electron chi connectivity index (χ0n) is 5.91. The van der Waals surface area contributed by atoms with Crippen LogP contribution in [0.15, 0.2) is 18.3 Å². The van der Waals surface area contributed by atoms with Gasteiger partial charge in [-0.1, -0.05) is 0 Å². The second kappa shape index (κ2) is 2.98. The molecule has 0 amide bonds. The number of H-pyrrole nitrogens is 1. The molecular formula is C7H6ClFN2O. The van der Waals surface area contributed by atoms with E-state index >= 15 is 0 Å². The number of aromatic hydroxyl groups is 1. The van der Waals surface area contributed by atoms with Gasteiger partial charge in [0.2, 0.25) is 0 Å². The molecule has 1 heterocycles. The van der Waals surface area contributed by atoms with Gasteiger partial charge in [0, 0.05) is 11.5 Å². The molecule has 0 saturated carbocycles. The predicted molar refractivity (Wildman–Crippen MR) is 45.0 cm³/mol. The summed E-state index contributed by atoms with van der Waals surface area (Å²) in [5.41, 5.74) is 0.322. The summed E-state index contributed by atoms with van der Waals surface area (Å²) < 4.78 is 12.8. The highest BCUT2D eigenvalue weighted by molar-refractivity contribution is 5.85. The molecule has 0 saturated heterocycles. The number of rotatable bonds is 0. The average molecular weight is 189 g/mol. The lowest BCUT2D eigenvalue weighted by Gasteiger charge is -1.92. The second-order valence-corrected chi connectivity index (χ2v) is 2.26. The molecule has 0 bridgehead atoms. The van der Waals surface area contributed by atoms with Gasteiger partial charge in [-0.15, -0.1) is 12.4 Å². The summed E-state index contributed by atoms with van der Waals surface area (Å²) in [5.74, 6) is -0.575. The number of benzene rings is 1. The van der Waals surface area contributed by atoms with E-state index in [4.69, 9.17) is 5.11 Å². The molecule has 5 heteroatoms. The molecule has 2 N–H and O–H groups in total. The Kier molecular flexibility index (Phi) is 2.19. The number of hydrogen-bond acceptors (Lipinski definition) is 2. The maximum absolute atomic E-state index is 12.8. The normalized spacial score (nSPS) is 9.75. The van der Waals surface area contributed by atoms with E-state index in [1.807, 2.05) is 0 Å². The summed E-state index contributed by atoms with van der Waals surface area (Å²) in [6.07, 6.45) is 1.46. The Morgan fingerprint density at radius 3 is 2.92 bits per heavy atom. The molecule has 3 nitrogen and oxygen atoms in total. The maximum atomic E-state index is 12.8. The number of phenols is 1. The molecule has 0 atom stereocenters. The molecule has 64 valence electrons. The Balaban J connectivity index is 0.000000720. The zero-order valence-corrected chi connectivity index (χ0v) is 6.73. The molecular weight excluding hydrogens is 183 g/mol. The Labute approximate surface area is 73.6 Å². The first-order valence-corrected chi connectivity index (χ1v) is 3.09. The van der Waals surface area contributed by atoms with Gasteiger partial charge in [-0.3, -0.25) is 5.10 Å². The fourth-order valence-corrected chi connectivity index (χ4v) is 0.999. The van der Waals surface area contributed by atoms with Crippen LogP contribution in [0, 0.1) is 5.82 Å². The number of nitrogens with one attached hydrogen (secondary N) is 1. The van der Waals surface area contributed by atoms with Crippen LogP contribution in [0.4, 0.5) is 4.39 Å². The molecule has 0 fully saturated rings. The van der Waals surface area contributed by atoms with Crippen LogP contribution in [0.2, 0.25) is 0 Å². The van der Waals surface area contributed by atoms with Crippen LogP contribution in [0.5, 0.6) is 5.75 Å². The molecule has 1 aromatic heterocycles. The van der Waals surface area contributed by atoms with Crippen LogP contribution in [-0.4, -0.2) is 15.3 Å². The highest BCUT2D eigenvalue weighted by atomic mass is 35.5. The highest BCUT2D eigenvalue weighted by Gasteiger charge is 2.03. The van der Waals surface area contributed by atoms with Gasteiger partial charge in [-0.2, -0.15) is 5.10 Å². The smallest absolute Gasteiger partial charge is 0.152 e. The van der Waals surface area contributed by atoms with Crippen molar-refractivity contribution >= 4 is 23.3 Å². The lowest BCUT2D eigenvalue weighted by Crippen LogP contribution is -1.76. The van der Waals surface area contributed by atoms with E-state index in [-0.39, 0.29) is 18.2 Å². The van der Waals surface area contributed by atoms with E-state index in [0.717, 1.165) is 6.07 Å². The van der Waals surface area contributed by atoms with Crippen LogP contribution in [-0.2, 0) is 0 Å². The van der Waals surface area contributed by atoms with Crippen molar-refractivity contribution in [3.8, 4) is 5.75 Å². The van der Waals surface area contributed by atoms with Crippen molar-refractivity contribution in [1.29, 1.82) is 0 Å². The molecule has 2 aromatic rings. The van der Waals surface area contributed by atoms with Gasteiger partial charge in [0.05, 0.1) is 6.20 Å². The van der Waals surface area contributed by atoms with Crippen LogP contribution in [0.3, 0.4) is 0 Å². The summed E-state index contributed by atoms with van der Waals surface area (Å²) in [4.78, 5) is 0. The van der Waals surface area contributed by atoms with Gasteiger partial charge in [0.25, 0.3) is 0 Å². The summed E-state index contributed by atoms with van der Waals surface area (Å²) in [6.45, 7) is 0. The third-order valence-electron chi connectivity index (χ3n) is 1.49. The first-order valence-electron chi connectivity index (χ1n) is 3.09. The SMILES string of the molecule is Cl.Oc1cc(F)c2[nH]ncc2c1. The van der Waals surface area contributed by atoms with Crippen LogP contribution in [0.1, 0.15) is 0 Å². The van der Waals surface area contributed by atoms with E-state index in [9.17, 15) is 4.39 Å². The fraction of sp³-hybridized carbons (Fsp3) is 0. The third-order valence-corrected chi connectivity index (χ3v) is 1.49. The number of aromatic amines is 1. The number of halogens is 2. The molecule has 0 aliphatic carbocycles. The number of fused-ring (bicyclic) bond motifs is 1. The van der Waals surface area contributed by atoms with Gasteiger partial charge in [0.1, 0.15) is 11.3 Å². The number of hydrogen-bond donors (Lipinski definition) is 2. The minimum absolute atomic E-state index is 0. The Morgan fingerprint density at radius 1 is 1.42 bits per heavy atom. The zero-order chi connectivity index (χ0) is 7.84. The summed E-state index contributed by atoms with van der Waals surface area (Å²) in [7, 11) is 0. The fourth-order valence-electron chi connectivity index (χ4n) is 0.999. The van der Waals surface area contributed by atoms with E-state index in [2.05, 4.69) is 10.2 Å². The Bertz CT molecular complexity index is 401. The third kappa shape index (κ3) is 1.21. The number of phenolic OH excluding ortho intramolecular Hbond substituents is 1. The van der Waals surface area contributed by atoms with Gasteiger partial charge in [-0.05, 0) is 6.07 Å². The van der Waals surface area contributed by atoms with Crippen molar-refractivity contribution in [1.82, 2.24) is 10.2 Å². The monoisotopic (exact) mass is 188 g/mol. The molecule has 0 radical (unpaired) electrons. The van der Waals surface area contributed by atoms with Crippen LogP contribution in [0.25, 0.3) is 10.9 Å². The van der Waals surface area contributed by atoms with Crippen LogP contribution >= 0.6 is 12.4 Å². The van der Waals surface area contributed by atoms with Crippen molar-refractivity contribution in [2.45, 2.75) is 0 Å². The molecule has 0 aliphatic heterocycles. The predicted octanol–water partition coefficient (Wildman–Crippen LogP) is 1.83.